The highest BCUT2D eigenvalue weighted by Crippen LogP contribution is 2.20. The van der Waals surface area contributed by atoms with Gasteiger partial charge in [0.25, 0.3) is 0 Å². The van der Waals surface area contributed by atoms with Gasteiger partial charge in [0, 0.05) is 6.54 Å². The van der Waals surface area contributed by atoms with Gasteiger partial charge in [0.2, 0.25) is 5.89 Å². The van der Waals surface area contributed by atoms with E-state index in [-0.39, 0.29) is 0 Å². The van der Waals surface area contributed by atoms with Gasteiger partial charge in [-0.1, -0.05) is 12.8 Å². The first-order valence-electron chi connectivity index (χ1n) is 6.65. The van der Waals surface area contributed by atoms with Crippen LogP contribution in [0.15, 0.2) is 10.6 Å². The molecule has 102 valence electrons. The summed E-state index contributed by atoms with van der Waals surface area (Å²) in [5, 5.41) is 12.9. The van der Waals surface area contributed by atoms with E-state index >= 15 is 0 Å². The van der Waals surface area contributed by atoms with Crippen LogP contribution in [0.3, 0.4) is 0 Å². The highest BCUT2D eigenvalue weighted by Gasteiger charge is 2.16. The zero-order valence-electron chi connectivity index (χ0n) is 10.9. The minimum absolute atomic E-state index is 0.356. The van der Waals surface area contributed by atoms with E-state index < -0.39 is 6.10 Å². The molecule has 2 N–H and O–H groups in total. The summed E-state index contributed by atoms with van der Waals surface area (Å²) in [6.07, 6.45) is 6.35. The Bertz CT molecular complexity index is 348. The van der Waals surface area contributed by atoms with Gasteiger partial charge >= 0.3 is 0 Å². The zero-order valence-corrected chi connectivity index (χ0v) is 10.9. The van der Waals surface area contributed by atoms with E-state index in [1.807, 2.05) is 6.92 Å². The first-order chi connectivity index (χ1) is 8.74. The van der Waals surface area contributed by atoms with E-state index in [0.29, 0.717) is 31.7 Å². The van der Waals surface area contributed by atoms with Crippen molar-refractivity contribution < 1.29 is 14.3 Å². The number of hydrogen-bond donors (Lipinski definition) is 2. The van der Waals surface area contributed by atoms with Crippen LogP contribution in [0.1, 0.15) is 37.3 Å². The van der Waals surface area contributed by atoms with E-state index in [4.69, 9.17) is 9.15 Å². The molecule has 1 aromatic rings. The summed E-state index contributed by atoms with van der Waals surface area (Å²) in [6.45, 7) is 3.30. The van der Waals surface area contributed by atoms with Crippen molar-refractivity contribution >= 4 is 0 Å². The second kappa shape index (κ2) is 6.87. The smallest absolute Gasteiger partial charge is 0.208 e. The molecule has 0 saturated heterocycles. The third kappa shape index (κ3) is 4.40. The SMILES string of the molecule is Cc1cnc(CNCC(O)COC2CCCC2)o1. The summed E-state index contributed by atoms with van der Waals surface area (Å²) in [4.78, 5) is 4.08. The average molecular weight is 254 g/mol. The Balaban J connectivity index is 1.55. The lowest BCUT2D eigenvalue weighted by Gasteiger charge is -2.15. The average Bonchev–Trinajstić information content (AvgIpc) is 2.98. The van der Waals surface area contributed by atoms with Crippen molar-refractivity contribution in [2.45, 2.75) is 51.4 Å². The lowest BCUT2D eigenvalue weighted by molar-refractivity contribution is -0.00564. The number of hydrogen-bond acceptors (Lipinski definition) is 5. The van der Waals surface area contributed by atoms with Gasteiger partial charge in [-0.15, -0.1) is 0 Å². The van der Waals surface area contributed by atoms with Gasteiger partial charge in [0.15, 0.2) is 0 Å². The molecule has 0 aliphatic heterocycles. The second-order valence-electron chi connectivity index (χ2n) is 4.89. The summed E-state index contributed by atoms with van der Waals surface area (Å²) >= 11 is 0. The fraction of sp³-hybridized carbons (Fsp3) is 0.769. The van der Waals surface area contributed by atoms with E-state index in [1.165, 1.54) is 12.8 Å². The predicted octanol–water partition coefficient (Wildman–Crippen LogP) is 1.39. The Kier molecular flexibility index (Phi) is 5.16. The molecular formula is C13H22N2O3. The normalized spacial score (nSPS) is 18.3. The number of aliphatic hydroxyl groups excluding tert-OH is 1. The highest BCUT2D eigenvalue weighted by atomic mass is 16.5. The molecule has 0 amide bonds. The highest BCUT2D eigenvalue weighted by molar-refractivity contribution is 4.90. The van der Waals surface area contributed by atoms with Crippen molar-refractivity contribution in [3.8, 4) is 0 Å². The van der Waals surface area contributed by atoms with Crippen LogP contribution < -0.4 is 5.32 Å². The first-order valence-corrected chi connectivity index (χ1v) is 6.65. The Morgan fingerprint density at radius 2 is 2.33 bits per heavy atom. The number of aliphatic hydroxyl groups is 1. The topological polar surface area (TPSA) is 67.5 Å². The molecule has 2 rings (SSSR count). The van der Waals surface area contributed by atoms with Crippen LogP contribution in [0, 0.1) is 6.92 Å². The molecule has 0 radical (unpaired) electrons. The third-order valence-corrected chi connectivity index (χ3v) is 3.15. The largest absolute Gasteiger partial charge is 0.445 e. The van der Waals surface area contributed by atoms with Crippen molar-refractivity contribution in [2.24, 2.45) is 0 Å². The van der Waals surface area contributed by atoms with Gasteiger partial charge in [0.05, 0.1) is 31.6 Å². The molecule has 1 unspecified atom stereocenters. The Labute approximate surface area is 108 Å². The molecule has 0 aromatic carbocycles. The molecular weight excluding hydrogens is 232 g/mol. The van der Waals surface area contributed by atoms with E-state index in [1.54, 1.807) is 6.20 Å². The molecule has 0 bridgehead atoms. The van der Waals surface area contributed by atoms with Crippen LogP contribution >= 0.6 is 0 Å². The fourth-order valence-corrected chi connectivity index (χ4v) is 2.19. The maximum atomic E-state index is 9.75. The number of aromatic nitrogens is 1. The summed E-state index contributed by atoms with van der Waals surface area (Å²) < 4.78 is 11.0. The monoisotopic (exact) mass is 254 g/mol. The van der Waals surface area contributed by atoms with Gasteiger partial charge in [-0.3, -0.25) is 0 Å². The van der Waals surface area contributed by atoms with Gasteiger partial charge in [-0.25, -0.2) is 4.98 Å². The van der Waals surface area contributed by atoms with Crippen LogP contribution in [0.25, 0.3) is 0 Å². The molecule has 1 heterocycles. The number of aryl methyl sites for hydroxylation is 1. The summed E-state index contributed by atoms with van der Waals surface area (Å²) in [5.74, 6) is 1.45. The van der Waals surface area contributed by atoms with Crippen LogP contribution in [-0.2, 0) is 11.3 Å². The van der Waals surface area contributed by atoms with Crippen LogP contribution in [0.4, 0.5) is 0 Å². The van der Waals surface area contributed by atoms with E-state index in [9.17, 15) is 5.11 Å². The van der Waals surface area contributed by atoms with Crippen LogP contribution in [-0.4, -0.2) is 35.5 Å². The zero-order chi connectivity index (χ0) is 12.8. The molecule has 1 aromatic heterocycles. The van der Waals surface area contributed by atoms with Crippen molar-refractivity contribution in [1.29, 1.82) is 0 Å². The molecule has 1 fully saturated rings. The Hall–Kier alpha value is -0.910. The Morgan fingerprint density at radius 3 is 3.00 bits per heavy atom. The van der Waals surface area contributed by atoms with Gasteiger partial charge in [0.1, 0.15) is 5.76 Å². The molecule has 1 aliphatic rings. The molecule has 5 heteroatoms. The molecule has 1 aliphatic carbocycles. The van der Waals surface area contributed by atoms with Crippen molar-refractivity contribution in [1.82, 2.24) is 10.3 Å². The third-order valence-electron chi connectivity index (χ3n) is 3.15. The quantitative estimate of drug-likeness (QED) is 0.769. The lowest BCUT2D eigenvalue weighted by atomic mass is 10.3. The van der Waals surface area contributed by atoms with Crippen molar-refractivity contribution in [2.75, 3.05) is 13.2 Å². The van der Waals surface area contributed by atoms with E-state index in [0.717, 1.165) is 18.6 Å². The summed E-state index contributed by atoms with van der Waals surface area (Å²) in [5.41, 5.74) is 0. The van der Waals surface area contributed by atoms with Gasteiger partial charge in [-0.2, -0.15) is 0 Å². The van der Waals surface area contributed by atoms with Crippen molar-refractivity contribution in [3.05, 3.63) is 17.8 Å². The lowest BCUT2D eigenvalue weighted by Crippen LogP contribution is -2.31. The summed E-state index contributed by atoms with van der Waals surface area (Å²) in [7, 11) is 0. The number of rotatable bonds is 7. The predicted molar refractivity (Wildman–Crippen MR) is 67.2 cm³/mol. The van der Waals surface area contributed by atoms with Gasteiger partial charge < -0.3 is 19.6 Å². The number of nitrogens with one attached hydrogen (secondary N) is 1. The molecule has 18 heavy (non-hydrogen) atoms. The van der Waals surface area contributed by atoms with Crippen LogP contribution in [0.2, 0.25) is 0 Å². The second-order valence-corrected chi connectivity index (χ2v) is 4.89. The fourth-order valence-electron chi connectivity index (χ4n) is 2.19. The molecule has 5 nitrogen and oxygen atoms in total. The number of nitrogens with zero attached hydrogens (tertiary/aromatic N) is 1. The van der Waals surface area contributed by atoms with Gasteiger partial charge in [-0.05, 0) is 19.8 Å². The number of ether oxygens (including phenoxy) is 1. The maximum Gasteiger partial charge on any atom is 0.208 e. The first kappa shape index (κ1) is 13.5. The Morgan fingerprint density at radius 1 is 1.56 bits per heavy atom. The minimum Gasteiger partial charge on any atom is -0.445 e. The molecule has 1 saturated carbocycles. The van der Waals surface area contributed by atoms with Crippen molar-refractivity contribution in [3.63, 3.8) is 0 Å². The summed E-state index contributed by atoms with van der Waals surface area (Å²) in [6, 6.07) is 0. The maximum absolute atomic E-state index is 9.75. The van der Waals surface area contributed by atoms with Crippen LogP contribution in [0.5, 0.6) is 0 Å². The minimum atomic E-state index is -0.471. The standard InChI is InChI=1S/C13H22N2O3/c1-10-6-15-13(18-10)8-14-7-11(16)9-17-12-4-2-3-5-12/h6,11-12,14,16H,2-5,7-9H2,1H3. The molecule has 0 spiro atoms. The number of oxazole rings is 1. The van der Waals surface area contributed by atoms with E-state index in [2.05, 4.69) is 10.3 Å². The molecule has 1 atom stereocenters.